The van der Waals surface area contributed by atoms with Crippen LogP contribution in [-0.4, -0.2) is 42.6 Å². The van der Waals surface area contributed by atoms with E-state index in [1.807, 2.05) is 30.3 Å². The predicted octanol–water partition coefficient (Wildman–Crippen LogP) is 5.66. The number of carbonyl (C=O) groups is 1. The van der Waals surface area contributed by atoms with Crippen molar-refractivity contribution in [3.63, 3.8) is 0 Å². The molecule has 2 aliphatic heterocycles. The van der Waals surface area contributed by atoms with Crippen molar-refractivity contribution in [2.24, 2.45) is 0 Å². The molecule has 164 valence electrons. The fourth-order valence-corrected chi connectivity index (χ4v) is 5.96. The van der Waals surface area contributed by atoms with Crippen LogP contribution in [0.1, 0.15) is 56.9 Å². The molecule has 5 nitrogen and oxygen atoms in total. The van der Waals surface area contributed by atoms with Crippen molar-refractivity contribution in [2.45, 2.75) is 63.5 Å². The number of benzene rings is 2. The molecular weight excluding hydrogens is 384 g/mol. The van der Waals surface area contributed by atoms with Gasteiger partial charge in [0.15, 0.2) is 0 Å². The van der Waals surface area contributed by atoms with E-state index in [-0.39, 0.29) is 6.03 Å². The van der Waals surface area contributed by atoms with Crippen molar-refractivity contribution in [2.75, 3.05) is 35.2 Å². The van der Waals surface area contributed by atoms with Gasteiger partial charge in [0, 0.05) is 54.7 Å². The Bertz CT molecular complexity index is 909. The highest BCUT2D eigenvalue weighted by molar-refractivity contribution is 6.00. The number of amides is 2. The zero-order valence-corrected chi connectivity index (χ0v) is 18.5. The van der Waals surface area contributed by atoms with Crippen LogP contribution < -0.4 is 15.5 Å². The Labute approximate surface area is 185 Å². The lowest BCUT2D eigenvalue weighted by atomic mass is 9.88. The molecule has 5 rings (SSSR count). The lowest BCUT2D eigenvalue weighted by Crippen LogP contribution is -2.49. The smallest absolute Gasteiger partial charge is 0.323 e. The van der Waals surface area contributed by atoms with E-state index >= 15 is 0 Å². The van der Waals surface area contributed by atoms with Gasteiger partial charge in [-0.1, -0.05) is 38.0 Å². The van der Waals surface area contributed by atoms with Gasteiger partial charge >= 0.3 is 6.03 Å². The van der Waals surface area contributed by atoms with Gasteiger partial charge in [0.05, 0.1) is 0 Å². The third-order valence-corrected chi connectivity index (χ3v) is 7.34. The monoisotopic (exact) mass is 418 g/mol. The van der Waals surface area contributed by atoms with Crippen LogP contribution in [0.3, 0.4) is 0 Å². The zero-order valence-electron chi connectivity index (χ0n) is 18.5. The molecule has 2 fully saturated rings. The Morgan fingerprint density at radius 2 is 1.77 bits per heavy atom. The van der Waals surface area contributed by atoms with Crippen molar-refractivity contribution in [3.05, 3.63) is 54.1 Å². The molecular formula is C26H34N4O. The van der Waals surface area contributed by atoms with E-state index in [9.17, 15) is 4.79 Å². The van der Waals surface area contributed by atoms with Gasteiger partial charge in [-0.15, -0.1) is 0 Å². The number of hydrogen-bond acceptors (Lipinski definition) is 3. The maximum Gasteiger partial charge on any atom is 0.323 e. The SMILES string of the molecule is CCCN1c2ccc(NC(=O)Nc3ccccc3)cc2C2CN(C3CCCC3)CCC21. The highest BCUT2D eigenvalue weighted by atomic mass is 16.2. The summed E-state index contributed by atoms with van der Waals surface area (Å²) in [6, 6.07) is 17.3. The van der Waals surface area contributed by atoms with Gasteiger partial charge in [-0.2, -0.15) is 0 Å². The van der Waals surface area contributed by atoms with Crippen LogP contribution >= 0.6 is 0 Å². The van der Waals surface area contributed by atoms with E-state index in [2.05, 4.69) is 45.6 Å². The first-order valence-corrected chi connectivity index (χ1v) is 12.0. The summed E-state index contributed by atoms with van der Waals surface area (Å²) < 4.78 is 0. The summed E-state index contributed by atoms with van der Waals surface area (Å²) in [5, 5.41) is 5.97. The number of para-hydroxylation sites is 1. The van der Waals surface area contributed by atoms with Crippen molar-refractivity contribution in [3.8, 4) is 0 Å². The Morgan fingerprint density at radius 1 is 1.00 bits per heavy atom. The molecule has 0 bridgehead atoms. The van der Waals surface area contributed by atoms with Crippen LogP contribution in [0.4, 0.5) is 21.9 Å². The minimum absolute atomic E-state index is 0.192. The summed E-state index contributed by atoms with van der Waals surface area (Å²) >= 11 is 0. The highest BCUT2D eigenvalue weighted by Crippen LogP contribution is 2.46. The van der Waals surface area contributed by atoms with Gasteiger partial charge in [-0.05, 0) is 61.6 Å². The fraction of sp³-hybridized carbons (Fsp3) is 0.500. The largest absolute Gasteiger partial charge is 0.368 e. The molecule has 2 N–H and O–H groups in total. The molecule has 2 amide bonds. The molecule has 3 aliphatic rings. The van der Waals surface area contributed by atoms with Gasteiger partial charge in [0.1, 0.15) is 0 Å². The first-order valence-electron chi connectivity index (χ1n) is 12.0. The van der Waals surface area contributed by atoms with E-state index in [1.165, 1.54) is 49.9 Å². The summed E-state index contributed by atoms with van der Waals surface area (Å²) in [5.74, 6) is 0.537. The van der Waals surface area contributed by atoms with Gasteiger partial charge in [-0.25, -0.2) is 4.79 Å². The van der Waals surface area contributed by atoms with E-state index in [0.717, 1.165) is 36.9 Å². The molecule has 2 aromatic carbocycles. The van der Waals surface area contributed by atoms with Crippen molar-refractivity contribution >= 4 is 23.1 Å². The number of urea groups is 1. The maximum absolute atomic E-state index is 12.5. The number of carbonyl (C=O) groups excluding carboxylic acids is 1. The van der Waals surface area contributed by atoms with Gasteiger partial charge in [0.2, 0.25) is 0 Å². The minimum atomic E-state index is -0.192. The van der Waals surface area contributed by atoms with Gasteiger partial charge in [-0.3, -0.25) is 4.90 Å². The quantitative estimate of drug-likeness (QED) is 0.658. The average Bonchev–Trinajstić information content (AvgIpc) is 3.42. The molecule has 2 heterocycles. The molecule has 31 heavy (non-hydrogen) atoms. The molecule has 1 aliphatic carbocycles. The summed E-state index contributed by atoms with van der Waals surface area (Å²) in [6.45, 7) is 5.76. The molecule has 0 aromatic heterocycles. The molecule has 2 atom stereocenters. The van der Waals surface area contributed by atoms with Gasteiger partial charge in [0.25, 0.3) is 0 Å². The predicted molar refractivity (Wildman–Crippen MR) is 128 cm³/mol. The van der Waals surface area contributed by atoms with Crippen LogP contribution in [0.15, 0.2) is 48.5 Å². The van der Waals surface area contributed by atoms with Crippen molar-refractivity contribution in [1.29, 1.82) is 0 Å². The second-order valence-electron chi connectivity index (χ2n) is 9.31. The number of anilines is 3. The second-order valence-corrected chi connectivity index (χ2v) is 9.31. The number of nitrogens with one attached hydrogen (secondary N) is 2. The zero-order chi connectivity index (χ0) is 21.2. The Kier molecular flexibility index (Phi) is 5.86. The highest BCUT2D eigenvalue weighted by Gasteiger charge is 2.43. The van der Waals surface area contributed by atoms with E-state index in [1.54, 1.807) is 0 Å². The molecule has 2 aromatic rings. The molecule has 0 spiro atoms. The summed E-state index contributed by atoms with van der Waals surface area (Å²) in [6.07, 6.45) is 7.91. The van der Waals surface area contributed by atoms with Crippen molar-refractivity contribution in [1.82, 2.24) is 4.90 Å². The number of fused-ring (bicyclic) bond motifs is 3. The topological polar surface area (TPSA) is 47.6 Å². The van der Waals surface area contributed by atoms with Crippen LogP contribution in [0.25, 0.3) is 0 Å². The molecule has 1 saturated heterocycles. The number of hydrogen-bond donors (Lipinski definition) is 2. The molecule has 0 radical (unpaired) electrons. The maximum atomic E-state index is 12.5. The first kappa shape index (κ1) is 20.4. The summed E-state index contributed by atoms with van der Waals surface area (Å²) in [4.78, 5) is 17.9. The second kappa shape index (κ2) is 8.91. The summed E-state index contributed by atoms with van der Waals surface area (Å²) in [7, 11) is 0. The van der Waals surface area contributed by atoms with E-state index in [4.69, 9.17) is 0 Å². The normalized spacial score (nSPS) is 23.5. The number of piperidine rings is 1. The molecule has 1 saturated carbocycles. The standard InChI is InChI=1S/C26H34N4O/c1-2-15-30-24-13-12-20(28-26(31)27-19-8-4-3-5-9-19)17-22(24)23-18-29(16-14-25(23)30)21-10-6-7-11-21/h3-5,8-9,12-13,17,21,23,25H,2,6-7,10-11,14-16,18H2,1H3,(H2,27,28,31). The van der Waals surface area contributed by atoms with Crippen LogP contribution in [0.5, 0.6) is 0 Å². The number of likely N-dealkylation sites (tertiary alicyclic amines) is 1. The van der Waals surface area contributed by atoms with Crippen molar-refractivity contribution < 1.29 is 4.79 Å². The van der Waals surface area contributed by atoms with Crippen LogP contribution in [-0.2, 0) is 0 Å². The number of rotatable bonds is 5. The van der Waals surface area contributed by atoms with Crippen LogP contribution in [0, 0.1) is 0 Å². The summed E-state index contributed by atoms with van der Waals surface area (Å²) in [5.41, 5.74) is 4.47. The molecule has 5 heteroatoms. The van der Waals surface area contributed by atoms with E-state index < -0.39 is 0 Å². The van der Waals surface area contributed by atoms with E-state index in [0.29, 0.717) is 12.0 Å². The first-order chi connectivity index (χ1) is 15.2. The minimum Gasteiger partial charge on any atom is -0.368 e. The Balaban J connectivity index is 1.35. The van der Waals surface area contributed by atoms with Crippen LogP contribution in [0.2, 0.25) is 0 Å². The third-order valence-electron chi connectivity index (χ3n) is 7.34. The number of nitrogens with zero attached hydrogens (tertiary/aromatic N) is 2. The average molecular weight is 419 g/mol. The molecule has 2 unspecified atom stereocenters. The Hall–Kier alpha value is -2.53. The lowest BCUT2D eigenvalue weighted by molar-refractivity contribution is 0.140. The lowest BCUT2D eigenvalue weighted by Gasteiger charge is -2.41. The van der Waals surface area contributed by atoms with Gasteiger partial charge < -0.3 is 15.5 Å². The third kappa shape index (κ3) is 4.16. The fourth-order valence-electron chi connectivity index (χ4n) is 5.96. The Morgan fingerprint density at radius 3 is 2.55 bits per heavy atom.